The van der Waals surface area contributed by atoms with Crippen molar-refractivity contribution < 1.29 is 14.5 Å². The summed E-state index contributed by atoms with van der Waals surface area (Å²) < 4.78 is 5.50. The van der Waals surface area contributed by atoms with Gasteiger partial charge in [0.15, 0.2) is 0 Å². The van der Waals surface area contributed by atoms with Crippen LogP contribution in [0.2, 0.25) is 0 Å². The molecule has 8 nitrogen and oxygen atoms in total. The molecule has 0 aromatic carbocycles. The van der Waals surface area contributed by atoms with E-state index < -0.39 is 4.92 Å². The molecule has 2 heterocycles. The number of nitro groups is 1. The molecule has 19 heavy (non-hydrogen) atoms. The summed E-state index contributed by atoms with van der Waals surface area (Å²) in [5.41, 5.74) is 0.125. The van der Waals surface area contributed by atoms with Crippen molar-refractivity contribution in [2.45, 2.75) is 6.10 Å². The minimum Gasteiger partial charge on any atom is -0.373 e. The molecule has 0 radical (unpaired) electrons. The molecule has 0 saturated carbocycles. The number of H-pyrrole nitrogens is 1. The summed E-state index contributed by atoms with van der Waals surface area (Å²) in [6.45, 7) is 2.11. The number of carbonyl (C=O) groups excluding carboxylic acids is 1. The summed E-state index contributed by atoms with van der Waals surface area (Å²) in [6.07, 6.45) is 1.17. The van der Waals surface area contributed by atoms with Crippen LogP contribution in [0, 0.1) is 10.1 Å². The van der Waals surface area contributed by atoms with Crippen LogP contribution in [0.5, 0.6) is 0 Å². The molecule has 1 fully saturated rings. The second kappa shape index (κ2) is 5.81. The van der Waals surface area contributed by atoms with Gasteiger partial charge in [-0.2, -0.15) is 0 Å². The van der Waals surface area contributed by atoms with Crippen molar-refractivity contribution in [3.63, 3.8) is 0 Å². The zero-order valence-electron chi connectivity index (χ0n) is 10.6. The Labute approximate surface area is 109 Å². The van der Waals surface area contributed by atoms with Gasteiger partial charge >= 0.3 is 0 Å². The number of likely N-dealkylation sites (N-methyl/N-ethyl adjacent to an activating group) is 1. The standard InChI is InChI=1S/C11H16N4O4/c1-12-6-9-7-14(2-3-19-9)11(16)10-4-8(5-13-10)15(17)18/h4-5,9,12-13H,2-3,6-7H2,1H3. The van der Waals surface area contributed by atoms with Gasteiger partial charge in [0.2, 0.25) is 0 Å². The van der Waals surface area contributed by atoms with Gasteiger partial charge in [-0.25, -0.2) is 0 Å². The van der Waals surface area contributed by atoms with E-state index in [1.807, 2.05) is 7.05 Å². The molecule has 1 unspecified atom stereocenters. The van der Waals surface area contributed by atoms with E-state index in [2.05, 4.69) is 10.3 Å². The number of ether oxygens (including phenoxy) is 1. The first kappa shape index (κ1) is 13.5. The maximum Gasteiger partial charge on any atom is 0.287 e. The molecule has 1 aromatic rings. The summed E-state index contributed by atoms with van der Waals surface area (Å²) >= 11 is 0. The fourth-order valence-electron chi connectivity index (χ4n) is 2.04. The molecule has 8 heteroatoms. The van der Waals surface area contributed by atoms with Crippen molar-refractivity contribution in [1.82, 2.24) is 15.2 Å². The van der Waals surface area contributed by atoms with E-state index in [9.17, 15) is 14.9 Å². The van der Waals surface area contributed by atoms with E-state index >= 15 is 0 Å². The largest absolute Gasteiger partial charge is 0.373 e. The Kier molecular flexibility index (Phi) is 4.13. The normalized spacial score (nSPS) is 19.4. The highest BCUT2D eigenvalue weighted by atomic mass is 16.6. The molecule has 1 aromatic heterocycles. The summed E-state index contributed by atoms with van der Waals surface area (Å²) in [5, 5.41) is 13.6. The van der Waals surface area contributed by atoms with Crippen LogP contribution in [-0.4, -0.2) is 60.1 Å². The van der Waals surface area contributed by atoms with E-state index in [4.69, 9.17) is 4.74 Å². The van der Waals surface area contributed by atoms with Crippen molar-refractivity contribution in [2.24, 2.45) is 0 Å². The predicted molar refractivity (Wildman–Crippen MR) is 67.0 cm³/mol. The number of hydrogen-bond donors (Lipinski definition) is 2. The molecule has 0 bridgehead atoms. The van der Waals surface area contributed by atoms with Crippen molar-refractivity contribution >= 4 is 11.6 Å². The average Bonchev–Trinajstić information content (AvgIpc) is 2.88. The van der Waals surface area contributed by atoms with Gasteiger partial charge in [-0.15, -0.1) is 0 Å². The summed E-state index contributed by atoms with van der Waals surface area (Å²) in [4.78, 5) is 26.5. The molecule has 0 spiro atoms. The maximum absolute atomic E-state index is 12.2. The monoisotopic (exact) mass is 268 g/mol. The molecule has 2 N–H and O–H groups in total. The van der Waals surface area contributed by atoms with E-state index in [1.165, 1.54) is 12.3 Å². The number of morpholine rings is 1. The van der Waals surface area contributed by atoms with Crippen LogP contribution in [0.4, 0.5) is 5.69 Å². The van der Waals surface area contributed by atoms with Gasteiger partial charge in [0, 0.05) is 25.7 Å². The van der Waals surface area contributed by atoms with Gasteiger partial charge in [0.1, 0.15) is 5.69 Å². The Hall–Kier alpha value is -1.93. The molecular weight excluding hydrogens is 252 g/mol. The average molecular weight is 268 g/mol. The highest BCUT2D eigenvalue weighted by molar-refractivity contribution is 5.93. The molecule has 1 aliphatic rings. The lowest BCUT2D eigenvalue weighted by atomic mass is 10.2. The van der Waals surface area contributed by atoms with Crippen LogP contribution in [-0.2, 0) is 4.74 Å². The smallest absolute Gasteiger partial charge is 0.287 e. The lowest BCUT2D eigenvalue weighted by Crippen LogP contribution is -2.48. The number of hydrogen-bond acceptors (Lipinski definition) is 5. The van der Waals surface area contributed by atoms with Gasteiger partial charge in [-0.1, -0.05) is 0 Å². The second-order valence-electron chi connectivity index (χ2n) is 4.33. The summed E-state index contributed by atoms with van der Waals surface area (Å²) in [6, 6.07) is 1.25. The topological polar surface area (TPSA) is 101 Å². The van der Waals surface area contributed by atoms with Gasteiger partial charge in [-0.05, 0) is 7.05 Å². The third kappa shape index (κ3) is 3.09. The molecular formula is C11H16N4O4. The number of amides is 1. The summed E-state index contributed by atoms with van der Waals surface area (Å²) in [5.74, 6) is -0.238. The quantitative estimate of drug-likeness (QED) is 0.590. The third-order valence-corrected chi connectivity index (χ3v) is 2.97. The van der Waals surface area contributed by atoms with E-state index in [-0.39, 0.29) is 23.4 Å². The fourth-order valence-corrected chi connectivity index (χ4v) is 2.04. The van der Waals surface area contributed by atoms with Crippen LogP contribution < -0.4 is 5.32 Å². The van der Waals surface area contributed by atoms with E-state index in [1.54, 1.807) is 4.90 Å². The SMILES string of the molecule is CNCC1CN(C(=O)c2cc([N+](=O)[O-])c[nH]2)CCO1. The van der Waals surface area contributed by atoms with Crippen molar-refractivity contribution in [3.8, 4) is 0 Å². The zero-order valence-corrected chi connectivity index (χ0v) is 10.6. The second-order valence-corrected chi connectivity index (χ2v) is 4.33. The third-order valence-electron chi connectivity index (χ3n) is 2.97. The molecule has 1 aliphatic heterocycles. The lowest BCUT2D eigenvalue weighted by Gasteiger charge is -2.32. The van der Waals surface area contributed by atoms with Crippen LogP contribution in [0.15, 0.2) is 12.3 Å². The fraction of sp³-hybridized carbons (Fsp3) is 0.545. The molecule has 1 atom stereocenters. The molecule has 1 amide bonds. The predicted octanol–water partition coefficient (Wildman–Crippen LogP) is -0.0167. The lowest BCUT2D eigenvalue weighted by molar-refractivity contribution is -0.384. The van der Waals surface area contributed by atoms with Crippen molar-refractivity contribution in [3.05, 3.63) is 28.1 Å². The van der Waals surface area contributed by atoms with E-state index in [0.29, 0.717) is 26.2 Å². The Bertz CT molecular complexity index is 471. The number of aromatic amines is 1. The number of rotatable bonds is 4. The zero-order chi connectivity index (χ0) is 13.8. The van der Waals surface area contributed by atoms with Gasteiger partial charge in [0.25, 0.3) is 11.6 Å². The first-order chi connectivity index (χ1) is 9.11. The van der Waals surface area contributed by atoms with Gasteiger partial charge < -0.3 is 19.9 Å². The van der Waals surface area contributed by atoms with Gasteiger partial charge in [-0.3, -0.25) is 14.9 Å². The van der Waals surface area contributed by atoms with Crippen LogP contribution in [0.1, 0.15) is 10.5 Å². The molecule has 1 saturated heterocycles. The highest BCUT2D eigenvalue weighted by Gasteiger charge is 2.26. The minimum absolute atomic E-state index is 0.0485. The van der Waals surface area contributed by atoms with Crippen molar-refractivity contribution in [1.29, 1.82) is 0 Å². The first-order valence-corrected chi connectivity index (χ1v) is 6.00. The number of nitrogens with one attached hydrogen (secondary N) is 2. The van der Waals surface area contributed by atoms with Crippen LogP contribution in [0.25, 0.3) is 0 Å². The van der Waals surface area contributed by atoms with Crippen molar-refractivity contribution in [2.75, 3.05) is 33.3 Å². The number of aromatic nitrogens is 1. The maximum atomic E-state index is 12.2. The Balaban J connectivity index is 2.03. The first-order valence-electron chi connectivity index (χ1n) is 6.00. The molecule has 0 aliphatic carbocycles. The highest BCUT2D eigenvalue weighted by Crippen LogP contribution is 2.15. The van der Waals surface area contributed by atoms with E-state index in [0.717, 1.165) is 0 Å². The van der Waals surface area contributed by atoms with Crippen LogP contribution >= 0.6 is 0 Å². The Morgan fingerprint density at radius 2 is 2.53 bits per heavy atom. The number of nitrogens with zero attached hydrogens (tertiary/aromatic N) is 2. The molecule has 104 valence electrons. The summed E-state index contributed by atoms with van der Waals surface area (Å²) in [7, 11) is 1.82. The van der Waals surface area contributed by atoms with Crippen LogP contribution in [0.3, 0.4) is 0 Å². The number of carbonyl (C=O) groups is 1. The minimum atomic E-state index is -0.531. The Morgan fingerprint density at radius 1 is 1.74 bits per heavy atom. The molecule has 2 rings (SSSR count). The van der Waals surface area contributed by atoms with Gasteiger partial charge in [0.05, 0.1) is 23.8 Å². The Morgan fingerprint density at radius 3 is 3.16 bits per heavy atom.